The number of benzene rings is 2. The zero-order valence-electron chi connectivity index (χ0n) is 20.3. The van der Waals surface area contributed by atoms with Crippen molar-refractivity contribution in [3.63, 3.8) is 0 Å². The summed E-state index contributed by atoms with van der Waals surface area (Å²) in [4.78, 5) is 29.1. The molecule has 0 radical (unpaired) electrons. The number of rotatable bonds is 6. The van der Waals surface area contributed by atoms with Gasteiger partial charge in [-0.25, -0.2) is 4.98 Å². The topological polar surface area (TPSA) is 95.3 Å². The van der Waals surface area contributed by atoms with Crippen molar-refractivity contribution in [2.24, 2.45) is 5.10 Å². The van der Waals surface area contributed by atoms with Gasteiger partial charge in [0.25, 0.3) is 11.2 Å². The Morgan fingerprint density at radius 2 is 1.82 bits per heavy atom. The largest absolute Gasteiger partial charge is 0.418 e. The Morgan fingerprint density at radius 1 is 1.10 bits per heavy atom. The lowest BCUT2D eigenvalue weighted by Crippen LogP contribution is -2.16. The number of fused-ring (bicyclic) bond motifs is 1. The minimum absolute atomic E-state index is 0.00172. The lowest BCUT2D eigenvalue weighted by atomic mass is 10.1. The molecule has 0 unspecified atom stereocenters. The Hall–Kier alpha value is -4.23. The number of alkyl halides is 3. The minimum atomic E-state index is -4.52. The highest BCUT2D eigenvalue weighted by molar-refractivity contribution is 8.01. The highest BCUT2D eigenvalue weighted by Gasteiger charge is 2.34. The Bertz CT molecular complexity index is 1820. The molecule has 0 aliphatic carbocycles. The molecule has 0 spiro atoms. The van der Waals surface area contributed by atoms with Crippen LogP contribution in [-0.4, -0.2) is 25.4 Å². The molecule has 0 N–H and O–H groups in total. The molecule has 39 heavy (non-hydrogen) atoms. The molecule has 198 valence electrons. The number of para-hydroxylation sites is 2. The summed E-state index contributed by atoms with van der Waals surface area (Å²) in [5, 5.41) is 15.8. The van der Waals surface area contributed by atoms with Crippen LogP contribution in [0.2, 0.25) is 0 Å². The molecule has 5 rings (SSSR count). The van der Waals surface area contributed by atoms with Crippen molar-refractivity contribution in [3.05, 3.63) is 110 Å². The maximum atomic E-state index is 13.6. The summed E-state index contributed by atoms with van der Waals surface area (Å²) < 4.78 is 44.0. The third-order valence-electron chi connectivity index (χ3n) is 5.93. The Kier molecular flexibility index (Phi) is 6.87. The van der Waals surface area contributed by atoms with Crippen molar-refractivity contribution in [1.29, 1.82) is 0 Å². The van der Waals surface area contributed by atoms with E-state index in [0.717, 1.165) is 10.7 Å². The van der Waals surface area contributed by atoms with Crippen molar-refractivity contribution >= 4 is 45.2 Å². The average Bonchev–Trinajstić information content (AvgIpc) is 3.43. The zero-order chi connectivity index (χ0) is 27.9. The van der Waals surface area contributed by atoms with Crippen molar-refractivity contribution in [3.8, 4) is 5.69 Å². The first-order chi connectivity index (χ1) is 18.5. The molecule has 3 aromatic heterocycles. The molecule has 0 atom stereocenters. The monoisotopic (exact) mass is 569 g/mol. The van der Waals surface area contributed by atoms with Gasteiger partial charge in [0.15, 0.2) is 0 Å². The number of aromatic nitrogens is 3. The van der Waals surface area contributed by atoms with E-state index in [1.165, 1.54) is 58.4 Å². The second-order valence-electron chi connectivity index (χ2n) is 8.43. The zero-order valence-corrected chi connectivity index (χ0v) is 22.0. The fraction of sp³-hybridized carbons (Fsp3) is 0.115. The van der Waals surface area contributed by atoms with Crippen LogP contribution in [0.3, 0.4) is 0 Å². The van der Waals surface area contributed by atoms with E-state index in [1.54, 1.807) is 50.2 Å². The molecule has 0 saturated carbocycles. The number of thiophene rings is 1. The molecular weight excluding hydrogens is 551 g/mol. The van der Waals surface area contributed by atoms with Gasteiger partial charge >= 0.3 is 6.18 Å². The van der Waals surface area contributed by atoms with E-state index in [4.69, 9.17) is 0 Å². The van der Waals surface area contributed by atoms with Crippen LogP contribution in [-0.2, 0) is 6.18 Å². The summed E-state index contributed by atoms with van der Waals surface area (Å²) in [7, 11) is 0. The van der Waals surface area contributed by atoms with Gasteiger partial charge in [-0.2, -0.15) is 22.9 Å². The molecule has 2 aromatic carbocycles. The summed E-state index contributed by atoms with van der Waals surface area (Å²) in [5.41, 5.74) is 0.391. The van der Waals surface area contributed by atoms with E-state index in [0.29, 0.717) is 36.3 Å². The Labute approximate surface area is 227 Å². The molecule has 0 aliphatic heterocycles. The smallest absolute Gasteiger partial charge is 0.317 e. The fourth-order valence-electron chi connectivity index (χ4n) is 4.15. The molecule has 13 heteroatoms. The van der Waals surface area contributed by atoms with Gasteiger partial charge in [0.2, 0.25) is 0 Å². The predicted molar refractivity (Wildman–Crippen MR) is 144 cm³/mol. The number of hydrogen-bond donors (Lipinski definition) is 0. The van der Waals surface area contributed by atoms with Gasteiger partial charge in [-0.15, -0.1) is 11.3 Å². The van der Waals surface area contributed by atoms with Gasteiger partial charge in [-0.3, -0.25) is 14.9 Å². The van der Waals surface area contributed by atoms with E-state index in [-0.39, 0.29) is 11.4 Å². The van der Waals surface area contributed by atoms with Gasteiger partial charge in [-0.1, -0.05) is 36.0 Å². The highest BCUT2D eigenvalue weighted by atomic mass is 32.2. The number of nitrogens with zero attached hydrogens (tertiary/aromatic N) is 5. The summed E-state index contributed by atoms with van der Waals surface area (Å²) in [5.74, 6) is 0. The van der Waals surface area contributed by atoms with Crippen molar-refractivity contribution < 1.29 is 18.1 Å². The average molecular weight is 570 g/mol. The maximum absolute atomic E-state index is 13.6. The highest BCUT2D eigenvalue weighted by Crippen LogP contribution is 2.39. The number of halogens is 3. The SMILES string of the molecule is Cc1cc(C=Nn2cnc3sc(Sc4ccccc4[N+](=O)[O-])cc3c2=O)c(C)n1-c1ccccc1C(F)(F)F. The van der Waals surface area contributed by atoms with Gasteiger partial charge in [0.1, 0.15) is 11.2 Å². The first-order valence-corrected chi connectivity index (χ1v) is 13.0. The van der Waals surface area contributed by atoms with Crippen LogP contribution in [0.1, 0.15) is 22.5 Å². The maximum Gasteiger partial charge on any atom is 0.418 e. The Balaban J connectivity index is 1.47. The van der Waals surface area contributed by atoms with Crippen molar-refractivity contribution in [2.75, 3.05) is 0 Å². The predicted octanol–water partition coefficient (Wildman–Crippen LogP) is 6.83. The van der Waals surface area contributed by atoms with Crippen LogP contribution in [0.15, 0.2) is 86.0 Å². The molecule has 8 nitrogen and oxygen atoms in total. The fourth-order valence-corrected chi connectivity index (χ4v) is 6.33. The molecular formula is C26H18F3N5O3S2. The van der Waals surface area contributed by atoms with Crippen LogP contribution in [0.25, 0.3) is 15.9 Å². The van der Waals surface area contributed by atoms with E-state index in [1.807, 2.05) is 0 Å². The summed E-state index contributed by atoms with van der Waals surface area (Å²) in [6.45, 7) is 3.37. The third-order valence-corrected chi connectivity index (χ3v) is 8.15. The Morgan fingerprint density at radius 3 is 2.56 bits per heavy atom. The van der Waals surface area contributed by atoms with Gasteiger partial charge in [-0.05, 0) is 44.2 Å². The first-order valence-electron chi connectivity index (χ1n) is 11.4. The third kappa shape index (κ3) is 5.10. The molecule has 3 heterocycles. The van der Waals surface area contributed by atoms with E-state index >= 15 is 0 Å². The normalized spacial score (nSPS) is 12.0. The van der Waals surface area contributed by atoms with Crippen LogP contribution in [0, 0.1) is 24.0 Å². The molecule has 0 amide bonds. The summed E-state index contributed by atoms with van der Waals surface area (Å²) in [6.07, 6.45) is -1.86. The van der Waals surface area contributed by atoms with E-state index in [9.17, 15) is 28.1 Å². The first kappa shape index (κ1) is 26.4. The molecule has 0 fully saturated rings. The lowest BCUT2D eigenvalue weighted by Gasteiger charge is -2.16. The number of hydrogen-bond acceptors (Lipinski definition) is 7. The summed E-state index contributed by atoms with van der Waals surface area (Å²) in [6, 6.07) is 14.9. The van der Waals surface area contributed by atoms with Crippen LogP contribution >= 0.6 is 23.1 Å². The van der Waals surface area contributed by atoms with Crippen molar-refractivity contribution in [1.82, 2.24) is 14.2 Å². The standard InChI is InChI=1S/C26H18F3N5O3S2/c1-15-11-17(16(2)33(15)20-8-4-3-7-19(20)26(27,28)29)13-31-32-14-30-24-18(25(32)35)12-23(39-24)38-22-10-6-5-9-21(22)34(36)37/h3-14H,1-2H3. The molecule has 0 bridgehead atoms. The quantitative estimate of drug-likeness (QED) is 0.127. The van der Waals surface area contributed by atoms with E-state index in [2.05, 4.69) is 10.1 Å². The van der Waals surface area contributed by atoms with Crippen molar-refractivity contribution in [2.45, 2.75) is 29.1 Å². The van der Waals surface area contributed by atoms with Crippen LogP contribution < -0.4 is 5.56 Å². The van der Waals surface area contributed by atoms with Crippen LogP contribution in [0.4, 0.5) is 18.9 Å². The number of aryl methyl sites for hydroxylation is 1. The van der Waals surface area contributed by atoms with E-state index < -0.39 is 22.2 Å². The summed E-state index contributed by atoms with van der Waals surface area (Å²) >= 11 is 2.39. The molecule has 5 aromatic rings. The lowest BCUT2D eigenvalue weighted by molar-refractivity contribution is -0.387. The van der Waals surface area contributed by atoms with Gasteiger partial charge < -0.3 is 4.57 Å². The number of nitro groups is 1. The molecule has 0 aliphatic rings. The van der Waals surface area contributed by atoms with Crippen LogP contribution in [0.5, 0.6) is 0 Å². The van der Waals surface area contributed by atoms with Gasteiger partial charge in [0, 0.05) is 23.0 Å². The van der Waals surface area contributed by atoms with Gasteiger partial charge in [0.05, 0.1) is 36.9 Å². The second-order valence-corrected chi connectivity index (χ2v) is 10.8. The number of nitro benzene ring substituents is 1. The molecule has 0 saturated heterocycles. The minimum Gasteiger partial charge on any atom is -0.317 e. The second kappa shape index (κ2) is 10.2.